The molecule has 1 heterocycles. The summed E-state index contributed by atoms with van der Waals surface area (Å²) < 4.78 is 0. The van der Waals surface area contributed by atoms with Crippen molar-refractivity contribution < 1.29 is 4.79 Å². The molecule has 5 nitrogen and oxygen atoms in total. The van der Waals surface area contributed by atoms with Crippen molar-refractivity contribution in [3.8, 4) is 11.3 Å². The lowest BCUT2D eigenvalue weighted by molar-refractivity contribution is 0.0950. The molecule has 3 aromatic carbocycles. The first kappa shape index (κ1) is 18.3. The maximum Gasteiger partial charge on any atom is 0.289 e. The normalized spacial score (nSPS) is 12.7. The average molecular weight is 394 g/mol. The number of aromatic nitrogens is 2. The van der Waals surface area contributed by atoms with E-state index in [1.54, 1.807) is 12.3 Å². The molecule has 148 valence electrons. The quantitative estimate of drug-likeness (QED) is 0.382. The van der Waals surface area contributed by atoms with E-state index in [2.05, 4.69) is 70.1 Å². The van der Waals surface area contributed by atoms with Crippen molar-refractivity contribution in [1.29, 1.82) is 0 Å². The first-order valence-corrected chi connectivity index (χ1v) is 10.2. The number of hydrazone groups is 1. The van der Waals surface area contributed by atoms with E-state index >= 15 is 0 Å². The smallest absolute Gasteiger partial charge is 0.272 e. The number of hydrogen-bond acceptors (Lipinski definition) is 3. The summed E-state index contributed by atoms with van der Waals surface area (Å²) in [5, 5.41) is 13.8. The first-order chi connectivity index (χ1) is 14.7. The van der Waals surface area contributed by atoms with E-state index in [0.717, 1.165) is 36.1 Å². The molecule has 1 aliphatic carbocycles. The molecule has 4 aromatic rings. The van der Waals surface area contributed by atoms with Gasteiger partial charge in [-0.1, -0.05) is 61.5 Å². The SMILES string of the molecule is CCc1ccc(C=NNC(=O)c2cc(-c3ccc4c5c(cccc35)CC4)n[nH]2)cc1. The minimum Gasteiger partial charge on any atom is -0.272 e. The second kappa shape index (κ2) is 7.59. The number of carbonyl (C=O) groups is 1. The van der Waals surface area contributed by atoms with Gasteiger partial charge in [0.05, 0.1) is 11.9 Å². The fraction of sp³-hybridized carbons (Fsp3) is 0.160. The monoisotopic (exact) mass is 394 g/mol. The zero-order chi connectivity index (χ0) is 20.5. The largest absolute Gasteiger partial charge is 0.289 e. The van der Waals surface area contributed by atoms with E-state index in [-0.39, 0.29) is 5.91 Å². The van der Waals surface area contributed by atoms with Gasteiger partial charge in [0.1, 0.15) is 5.69 Å². The van der Waals surface area contributed by atoms with Crippen molar-refractivity contribution >= 4 is 22.9 Å². The Morgan fingerprint density at radius 3 is 2.70 bits per heavy atom. The van der Waals surface area contributed by atoms with Gasteiger partial charge in [0.15, 0.2) is 0 Å². The van der Waals surface area contributed by atoms with Crippen LogP contribution >= 0.6 is 0 Å². The van der Waals surface area contributed by atoms with Crippen LogP contribution in [0.1, 0.15) is 39.7 Å². The number of H-pyrrole nitrogens is 1. The van der Waals surface area contributed by atoms with Crippen molar-refractivity contribution in [3.05, 3.63) is 88.6 Å². The molecule has 0 bridgehead atoms. The molecule has 30 heavy (non-hydrogen) atoms. The van der Waals surface area contributed by atoms with Crippen LogP contribution < -0.4 is 5.43 Å². The summed E-state index contributed by atoms with van der Waals surface area (Å²) in [6.45, 7) is 2.12. The number of nitrogens with one attached hydrogen (secondary N) is 2. The molecule has 2 N–H and O–H groups in total. The van der Waals surface area contributed by atoms with Gasteiger partial charge in [-0.2, -0.15) is 10.2 Å². The van der Waals surface area contributed by atoms with Gasteiger partial charge in [-0.05, 0) is 58.4 Å². The van der Waals surface area contributed by atoms with E-state index in [1.807, 2.05) is 12.1 Å². The third-order valence-electron chi connectivity index (χ3n) is 5.74. The van der Waals surface area contributed by atoms with Crippen LogP contribution in [0.15, 0.2) is 65.8 Å². The van der Waals surface area contributed by atoms with Crippen LogP contribution in [0.5, 0.6) is 0 Å². The van der Waals surface area contributed by atoms with Crippen LogP contribution in [0.3, 0.4) is 0 Å². The van der Waals surface area contributed by atoms with Gasteiger partial charge in [-0.3, -0.25) is 9.89 Å². The summed E-state index contributed by atoms with van der Waals surface area (Å²) in [5.74, 6) is -0.318. The molecule has 0 saturated carbocycles. The highest BCUT2D eigenvalue weighted by atomic mass is 16.2. The summed E-state index contributed by atoms with van der Waals surface area (Å²) in [6.07, 6.45) is 4.81. The number of carbonyl (C=O) groups excluding carboxylic acids is 1. The van der Waals surface area contributed by atoms with Crippen molar-refractivity contribution in [1.82, 2.24) is 15.6 Å². The van der Waals surface area contributed by atoms with Crippen LogP contribution in [0.25, 0.3) is 22.0 Å². The molecule has 5 heteroatoms. The van der Waals surface area contributed by atoms with Crippen LogP contribution in [0.2, 0.25) is 0 Å². The molecule has 5 rings (SSSR count). The molecule has 1 aliphatic rings. The minimum atomic E-state index is -0.318. The van der Waals surface area contributed by atoms with E-state index in [9.17, 15) is 4.79 Å². The zero-order valence-electron chi connectivity index (χ0n) is 16.8. The number of benzene rings is 3. The Morgan fingerprint density at radius 2 is 1.90 bits per heavy atom. The van der Waals surface area contributed by atoms with E-state index in [0.29, 0.717) is 5.69 Å². The number of amides is 1. The molecule has 0 saturated heterocycles. The highest BCUT2D eigenvalue weighted by Crippen LogP contribution is 2.36. The fourth-order valence-electron chi connectivity index (χ4n) is 4.11. The van der Waals surface area contributed by atoms with Gasteiger partial charge >= 0.3 is 0 Å². The maximum absolute atomic E-state index is 12.5. The van der Waals surface area contributed by atoms with Gasteiger partial charge < -0.3 is 0 Å². The number of hydrogen-bond donors (Lipinski definition) is 2. The van der Waals surface area contributed by atoms with Crippen LogP contribution in [0.4, 0.5) is 0 Å². The van der Waals surface area contributed by atoms with Crippen molar-refractivity contribution in [2.24, 2.45) is 5.10 Å². The molecule has 1 amide bonds. The number of aryl methyl sites for hydroxylation is 3. The van der Waals surface area contributed by atoms with Crippen LogP contribution in [-0.4, -0.2) is 22.3 Å². The number of nitrogens with zero attached hydrogens (tertiary/aromatic N) is 2. The second-order valence-electron chi connectivity index (χ2n) is 7.57. The molecule has 0 atom stereocenters. The maximum atomic E-state index is 12.5. The number of rotatable bonds is 5. The average Bonchev–Trinajstić information content (AvgIpc) is 3.43. The molecular weight excluding hydrogens is 372 g/mol. The molecule has 0 unspecified atom stereocenters. The predicted molar refractivity (Wildman–Crippen MR) is 120 cm³/mol. The Kier molecular flexibility index (Phi) is 4.64. The molecule has 0 spiro atoms. The molecule has 0 fully saturated rings. The third kappa shape index (κ3) is 3.28. The van der Waals surface area contributed by atoms with Crippen LogP contribution in [0, 0.1) is 0 Å². The molecule has 1 aromatic heterocycles. The van der Waals surface area contributed by atoms with Crippen molar-refractivity contribution in [2.45, 2.75) is 26.2 Å². The van der Waals surface area contributed by atoms with E-state index in [4.69, 9.17) is 0 Å². The van der Waals surface area contributed by atoms with Gasteiger partial charge in [0.2, 0.25) is 0 Å². The highest BCUT2D eigenvalue weighted by molar-refractivity contribution is 6.02. The number of aromatic amines is 1. The molecule has 0 aliphatic heterocycles. The lowest BCUT2D eigenvalue weighted by Gasteiger charge is -2.06. The first-order valence-electron chi connectivity index (χ1n) is 10.2. The summed E-state index contributed by atoms with van der Waals surface area (Å²) >= 11 is 0. The Morgan fingerprint density at radius 1 is 1.10 bits per heavy atom. The van der Waals surface area contributed by atoms with Gasteiger partial charge in [-0.15, -0.1) is 0 Å². The van der Waals surface area contributed by atoms with Gasteiger partial charge in [-0.25, -0.2) is 5.43 Å². The Bertz CT molecular complexity index is 1260. The zero-order valence-corrected chi connectivity index (χ0v) is 16.8. The lowest BCUT2D eigenvalue weighted by atomic mass is 9.98. The third-order valence-corrected chi connectivity index (χ3v) is 5.74. The Labute approximate surface area is 174 Å². The van der Waals surface area contributed by atoms with Crippen LogP contribution in [-0.2, 0) is 19.3 Å². The summed E-state index contributed by atoms with van der Waals surface area (Å²) in [4.78, 5) is 12.5. The molecular formula is C25H22N4O. The molecule has 0 radical (unpaired) electrons. The van der Waals surface area contributed by atoms with Gasteiger partial charge in [0.25, 0.3) is 5.91 Å². The van der Waals surface area contributed by atoms with Gasteiger partial charge in [0, 0.05) is 5.56 Å². The van der Waals surface area contributed by atoms with E-state index < -0.39 is 0 Å². The van der Waals surface area contributed by atoms with Crippen molar-refractivity contribution in [2.75, 3.05) is 0 Å². The highest BCUT2D eigenvalue weighted by Gasteiger charge is 2.18. The van der Waals surface area contributed by atoms with Crippen molar-refractivity contribution in [3.63, 3.8) is 0 Å². The summed E-state index contributed by atoms with van der Waals surface area (Å²) in [7, 11) is 0. The fourth-order valence-corrected chi connectivity index (χ4v) is 4.11. The predicted octanol–water partition coefficient (Wildman–Crippen LogP) is 4.65. The topological polar surface area (TPSA) is 70.1 Å². The standard InChI is InChI=1S/C25H22N4O/c1-2-16-6-8-17(9-7-16)15-26-29-25(30)23-14-22(27-28-23)20-13-12-19-11-10-18-4-3-5-21(20)24(18)19/h3-9,12-15H,2,10-11H2,1H3,(H,27,28)(H,29,30). The summed E-state index contributed by atoms with van der Waals surface area (Å²) in [6, 6.07) is 20.6. The van der Waals surface area contributed by atoms with E-state index in [1.165, 1.54) is 27.5 Å². The second-order valence-corrected chi connectivity index (χ2v) is 7.57. The Hall–Kier alpha value is -3.73. The minimum absolute atomic E-state index is 0.318. The Balaban J connectivity index is 1.35. The lowest BCUT2D eigenvalue weighted by Crippen LogP contribution is -2.18. The summed E-state index contributed by atoms with van der Waals surface area (Å²) in [5.41, 5.74) is 9.72.